The maximum Gasteiger partial charge on any atom is 0.295 e. The van der Waals surface area contributed by atoms with Gasteiger partial charge in [0.1, 0.15) is 16.7 Å². The molecule has 0 aliphatic carbocycles. The highest BCUT2D eigenvalue weighted by Gasteiger charge is 2.22. The van der Waals surface area contributed by atoms with Crippen LogP contribution in [0.1, 0.15) is 87.2 Å². The van der Waals surface area contributed by atoms with Gasteiger partial charge in [-0.15, -0.1) is 0 Å². The predicted molar refractivity (Wildman–Crippen MR) is 188 cm³/mol. The Morgan fingerprint density at radius 2 is 1.53 bits per heavy atom. The van der Waals surface area contributed by atoms with Crippen molar-refractivity contribution in [1.82, 2.24) is 0 Å². The number of benzene rings is 4. The molecule has 7 nitrogen and oxygen atoms in total. The van der Waals surface area contributed by atoms with Crippen LogP contribution in [0.3, 0.4) is 0 Å². The normalized spacial score (nSPS) is 12.3. The summed E-state index contributed by atoms with van der Waals surface area (Å²) in [7, 11) is -4.58. The van der Waals surface area contributed by atoms with Crippen molar-refractivity contribution in [2.75, 3.05) is 13.2 Å². The van der Waals surface area contributed by atoms with Gasteiger partial charge in [0.2, 0.25) is 0 Å². The van der Waals surface area contributed by atoms with E-state index in [1.165, 1.54) is 37.1 Å². The van der Waals surface area contributed by atoms with Crippen LogP contribution in [0.15, 0.2) is 99.6 Å². The van der Waals surface area contributed by atoms with Crippen molar-refractivity contribution < 1.29 is 32.7 Å². The van der Waals surface area contributed by atoms with E-state index in [0.717, 1.165) is 41.9 Å². The molecule has 0 saturated heterocycles. The van der Waals surface area contributed by atoms with E-state index in [0.29, 0.717) is 52.5 Å². The fraction of sp³-hybridized carbons (Fsp3) is 0.368. The zero-order valence-electron chi connectivity index (χ0n) is 27.2. The third-order valence-corrected chi connectivity index (χ3v) is 10.0. The first-order valence-corrected chi connectivity index (χ1v) is 18.6. The lowest BCUT2D eigenvalue weighted by atomic mass is 9.90. The first kappa shape index (κ1) is 36.7. The molecule has 4 rings (SSSR count). The minimum absolute atomic E-state index is 0.225. The number of aliphatic hydroxyl groups is 2. The second-order valence-corrected chi connectivity index (χ2v) is 14.1. The van der Waals surface area contributed by atoms with Crippen LogP contribution in [0, 0.1) is 0 Å². The maximum absolute atomic E-state index is 12.6. The summed E-state index contributed by atoms with van der Waals surface area (Å²) < 4.78 is 47.1. The summed E-state index contributed by atoms with van der Waals surface area (Å²) in [6.45, 7) is 5.73. The number of hydrogen-bond acceptors (Lipinski definition) is 7. The van der Waals surface area contributed by atoms with Crippen molar-refractivity contribution >= 4 is 21.9 Å². The van der Waals surface area contributed by atoms with Gasteiger partial charge in [-0.1, -0.05) is 106 Å². The van der Waals surface area contributed by atoms with Gasteiger partial charge < -0.3 is 19.7 Å². The molecule has 0 saturated carbocycles. The second-order valence-electron chi connectivity index (χ2n) is 11.6. The van der Waals surface area contributed by atoms with Gasteiger partial charge in [0.15, 0.2) is 0 Å². The molecule has 3 N–H and O–H groups in total. The molecule has 0 spiro atoms. The number of unbranched alkanes of at least 4 members (excludes halogenated alkanes) is 5. The molecule has 1 unspecified atom stereocenters. The predicted octanol–water partition coefficient (Wildman–Crippen LogP) is 8.99. The Kier molecular flexibility index (Phi) is 14.3. The van der Waals surface area contributed by atoms with Gasteiger partial charge in [-0.2, -0.15) is 8.42 Å². The van der Waals surface area contributed by atoms with E-state index in [-0.39, 0.29) is 11.5 Å². The lowest BCUT2D eigenvalue weighted by molar-refractivity contribution is 0.116. The van der Waals surface area contributed by atoms with Crippen molar-refractivity contribution in [3.8, 4) is 16.9 Å². The average Bonchev–Trinajstić information content (AvgIpc) is 3.08. The van der Waals surface area contributed by atoms with Crippen LogP contribution in [0.2, 0.25) is 0 Å². The molecule has 4 aromatic rings. The summed E-state index contributed by atoms with van der Waals surface area (Å²) in [6, 6.07) is 25.0. The van der Waals surface area contributed by atoms with Gasteiger partial charge in [-0.3, -0.25) is 4.55 Å². The van der Waals surface area contributed by atoms with Gasteiger partial charge in [-0.05, 0) is 82.6 Å². The number of hydrogen-bond donors (Lipinski definition) is 3. The Labute approximate surface area is 283 Å². The Morgan fingerprint density at radius 3 is 2.26 bits per heavy atom. The molecule has 0 aromatic heterocycles. The zero-order chi connectivity index (χ0) is 33.6. The molecule has 252 valence electrons. The van der Waals surface area contributed by atoms with Crippen molar-refractivity contribution in [3.63, 3.8) is 0 Å². The topological polar surface area (TPSA) is 113 Å². The van der Waals surface area contributed by atoms with Crippen molar-refractivity contribution in [3.05, 3.63) is 107 Å². The quantitative estimate of drug-likeness (QED) is 0.0665. The van der Waals surface area contributed by atoms with Crippen LogP contribution in [-0.4, -0.2) is 36.4 Å². The van der Waals surface area contributed by atoms with Crippen molar-refractivity contribution in [2.45, 2.75) is 92.8 Å². The Hall–Kier alpha value is -3.18. The summed E-state index contributed by atoms with van der Waals surface area (Å²) in [5.41, 5.74) is 3.68. The fourth-order valence-electron chi connectivity index (χ4n) is 5.32. The summed E-state index contributed by atoms with van der Waals surface area (Å²) in [6.07, 6.45) is 6.67. The monoisotopic (exact) mass is 678 g/mol. The molecule has 0 aliphatic heterocycles. The standard InChI is InChI=1S/C38H46O7S2/c1-3-5-7-8-11-22-44-27-28-14-15-30(26-39)35(24-28)38(40)34-13-10-9-12-33(34)29-16-21-36(37(25-29)47(41,42)43)46-32-19-17-31(18-20-32)45-23-6-4-2/h9-10,12-21,24-25,38-40H,3-8,11,22-23,26-27H2,1-2H3,(H,41,42,43). The van der Waals surface area contributed by atoms with E-state index in [2.05, 4.69) is 13.8 Å². The number of aliphatic hydroxyl groups excluding tert-OH is 2. The zero-order valence-corrected chi connectivity index (χ0v) is 28.9. The summed E-state index contributed by atoms with van der Waals surface area (Å²) in [5.74, 6) is 0.739. The number of rotatable bonds is 19. The van der Waals surface area contributed by atoms with Crippen LogP contribution < -0.4 is 4.74 Å². The highest BCUT2D eigenvalue weighted by molar-refractivity contribution is 8.00. The average molecular weight is 679 g/mol. The van der Waals surface area contributed by atoms with Gasteiger partial charge in [0.05, 0.1) is 19.8 Å². The fourth-order valence-corrected chi connectivity index (χ4v) is 7.18. The lowest BCUT2D eigenvalue weighted by Gasteiger charge is -2.20. The Bertz CT molecular complexity index is 1670. The molecule has 4 aromatic carbocycles. The largest absolute Gasteiger partial charge is 0.494 e. The van der Waals surface area contributed by atoms with Crippen LogP contribution >= 0.6 is 11.8 Å². The van der Waals surface area contributed by atoms with Gasteiger partial charge >= 0.3 is 0 Å². The minimum atomic E-state index is -4.58. The van der Waals surface area contributed by atoms with E-state index in [1.807, 2.05) is 42.5 Å². The number of ether oxygens (including phenoxy) is 2. The van der Waals surface area contributed by atoms with Gasteiger partial charge in [0.25, 0.3) is 10.1 Å². The van der Waals surface area contributed by atoms with Crippen molar-refractivity contribution in [2.24, 2.45) is 0 Å². The SMILES string of the molecule is CCCCCCCOCc1ccc(CO)c(C(O)c2ccccc2-c2ccc(Sc3ccc(OCCCC)cc3)c(S(=O)(=O)O)c2)c1. The molecule has 1 atom stereocenters. The molecule has 47 heavy (non-hydrogen) atoms. The van der Waals surface area contributed by atoms with Gasteiger partial charge in [0, 0.05) is 16.4 Å². The molecule has 0 fully saturated rings. The summed E-state index contributed by atoms with van der Waals surface area (Å²) >= 11 is 1.22. The maximum atomic E-state index is 12.6. The second kappa shape index (κ2) is 18.4. The van der Waals surface area contributed by atoms with E-state index in [4.69, 9.17) is 9.47 Å². The molecule has 0 bridgehead atoms. The van der Waals surface area contributed by atoms with Gasteiger partial charge in [-0.25, -0.2) is 0 Å². The first-order valence-electron chi connectivity index (χ1n) is 16.3. The van der Waals surface area contributed by atoms with Crippen molar-refractivity contribution in [1.29, 1.82) is 0 Å². The highest BCUT2D eigenvalue weighted by atomic mass is 32.2. The summed E-state index contributed by atoms with van der Waals surface area (Å²) in [4.78, 5) is 0.935. The molecule has 0 heterocycles. The van der Waals surface area contributed by atoms with Crippen LogP contribution in [0.4, 0.5) is 0 Å². The third-order valence-electron chi connectivity index (χ3n) is 7.94. The third kappa shape index (κ3) is 10.7. The van der Waals surface area contributed by atoms with E-state index in [1.54, 1.807) is 36.4 Å². The highest BCUT2D eigenvalue weighted by Crippen LogP contribution is 2.39. The molecule has 9 heteroatoms. The Balaban J connectivity index is 1.58. The Morgan fingerprint density at radius 1 is 0.787 bits per heavy atom. The smallest absolute Gasteiger partial charge is 0.295 e. The molecule has 0 amide bonds. The van der Waals surface area contributed by atoms with E-state index >= 15 is 0 Å². The minimum Gasteiger partial charge on any atom is -0.494 e. The molecule has 0 radical (unpaired) electrons. The lowest BCUT2D eigenvalue weighted by Crippen LogP contribution is -2.08. The van der Waals surface area contributed by atoms with Crippen LogP contribution in [0.5, 0.6) is 5.75 Å². The molecular weight excluding hydrogens is 633 g/mol. The molecular formula is C38H46O7S2. The first-order chi connectivity index (χ1) is 22.7. The van der Waals surface area contributed by atoms with Crippen LogP contribution in [0.25, 0.3) is 11.1 Å². The van der Waals surface area contributed by atoms with E-state index in [9.17, 15) is 23.2 Å². The van der Waals surface area contributed by atoms with Crippen LogP contribution in [-0.2, 0) is 28.1 Å². The molecule has 0 aliphatic rings. The van der Waals surface area contributed by atoms with E-state index < -0.39 is 16.2 Å². The summed E-state index contributed by atoms with van der Waals surface area (Å²) in [5, 5.41) is 21.8.